The summed E-state index contributed by atoms with van der Waals surface area (Å²) in [5, 5.41) is 0. The van der Waals surface area contributed by atoms with Crippen molar-refractivity contribution >= 4 is 0 Å². The van der Waals surface area contributed by atoms with Gasteiger partial charge in [0, 0.05) is 6.04 Å². The van der Waals surface area contributed by atoms with E-state index in [9.17, 15) is 0 Å². The summed E-state index contributed by atoms with van der Waals surface area (Å²) in [6, 6.07) is -0.859. The number of hydrogen-bond acceptors (Lipinski definition) is 5. The molecule has 0 spiro atoms. The first-order valence-electron chi connectivity index (χ1n) is 2.73. The predicted octanol–water partition coefficient (Wildman–Crippen LogP) is -2.81. The third-order valence-electron chi connectivity index (χ3n) is 1.14. The van der Waals surface area contributed by atoms with Crippen LogP contribution in [0.3, 0.4) is 0 Å². The maximum Gasteiger partial charge on any atom is 0.133 e. The Kier molecular flexibility index (Phi) is 2.53. The van der Waals surface area contributed by atoms with Crippen LogP contribution in [-0.4, -0.2) is 17.9 Å². The molecule has 0 fully saturated rings. The predicted molar refractivity (Wildman–Crippen MR) is 36.9 cm³/mol. The van der Waals surface area contributed by atoms with E-state index in [2.05, 4.69) is 0 Å². The van der Waals surface area contributed by atoms with Crippen LogP contribution in [0.25, 0.3) is 0 Å². The van der Waals surface area contributed by atoms with Crippen molar-refractivity contribution in [3.63, 3.8) is 0 Å². The molecule has 0 rings (SSSR count). The molecule has 0 aliphatic heterocycles. The van der Waals surface area contributed by atoms with E-state index in [-0.39, 0.29) is 6.04 Å². The van der Waals surface area contributed by atoms with Gasteiger partial charge in [0.2, 0.25) is 0 Å². The monoisotopic (exact) mass is 133 g/mol. The Hall–Kier alpha value is -0.200. The van der Waals surface area contributed by atoms with Crippen LogP contribution in [0.5, 0.6) is 0 Å². The van der Waals surface area contributed by atoms with Crippen LogP contribution < -0.4 is 28.7 Å². The van der Waals surface area contributed by atoms with Gasteiger partial charge in [0.15, 0.2) is 0 Å². The zero-order valence-electron chi connectivity index (χ0n) is 5.54. The number of hydrogen-bond donors (Lipinski definition) is 5. The summed E-state index contributed by atoms with van der Waals surface area (Å²) in [4.78, 5) is 0. The fourth-order valence-electron chi connectivity index (χ4n) is 0.455. The highest BCUT2D eigenvalue weighted by atomic mass is 15.2. The van der Waals surface area contributed by atoms with Crippen LogP contribution >= 0.6 is 0 Å². The van der Waals surface area contributed by atoms with E-state index in [0.29, 0.717) is 0 Å². The maximum absolute atomic E-state index is 5.39. The highest BCUT2D eigenvalue weighted by Crippen LogP contribution is 1.91. The average molecular weight is 133 g/mol. The van der Waals surface area contributed by atoms with E-state index in [1.54, 1.807) is 6.92 Å². The largest absolute Gasteiger partial charge is 0.326 e. The lowest BCUT2D eigenvalue weighted by molar-refractivity contribution is 0.332. The van der Waals surface area contributed by atoms with Crippen molar-refractivity contribution in [2.24, 2.45) is 28.7 Å². The Morgan fingerprint density at radius 3 is 1.44 bits per heavy atom. The Morgan fingerprint density at radius 2 is 1.44 bits per heavy atom. The molecule has 0 aromatic heterocycles. The van der Waals surface area contributed by atoms with Gasteiger partial charge in [0.25, 0.3) is 0 Å². The van der Waals surface area contributed by atoms with Crippen LogP contribution in [-0.2, 0) is 0 Å². The first kappa shape index (κ1) is 8.80. The maximum atomic E-state index is 5.39. The molecule has 5 nitrogen and oxygen atoms in total. The van der Waals surface area contributed by atoms with Crippen molar-refractivity contribution < 1.29 is 0 Å². The first-order valence-corrected chi connectivity index (χ1v) is 2.73. The molecule has 10 N–H and O–H groups in total. The Morgan fingerprint density at radius 1 is 1.11 bits per heavy atom. The summed E-state index contributed by atoms with van der Waals surface area (Å²) >= 11 is 0. The van der Waals surface area contributed by atoms with Crippen LogP contribution in [0.15, 0.2) is 0 Å². The summed E-state index contributed by atoms with van der Waals surface area (Å²) in [5.41, 5.74) is 26.4. The van der Waals surface area contributed by atoms with Gasteiger partial charge >= 0.3 is 0 Å². The van der Waals surface area contributed by atoms with Crippen molar-refractivity contribution in [2.75, 3.05) is 0 Å². The molecule has 0 bridgehead atoms. The molecule has 0 amide bonds. The Balaban J connectivity index is 3.88. The molecular weight excluding hydrogens is 118 g/mol. The molecule has 2 unspecified atom stereocenters. The second-order valence-electron chi connectivity index (χ2n) is 2.38. The number of rotatable bonds is 2. The summed E-state index contributed by atoms with van der Waals surface area (Å²) in [6.07, 6.45) is 0. The van der Waals surface area contributed by atoms with Crippen LogP contribution in [0.2, 0.25) is 0 Å². The number of nitrogens with two attached hydrogens (primary N) is 5. The highest BCUT2D eigenvalue weighted by molar-refractivity contribution is 4.88. The quantitative estimate of drug-likeness (QED) is 0.259. The summed E-state index contributed by atoms with van der Waals surface area (Å²) in [5.74, 6) is -1.37. The lowest BCUT2D eigenvalue weighted by Gasteiger charge is -2.28. The SMILES string of the molecule is CC(N)C(N)C(N)(N)N. The third-order valence-corrected chi connectivity index (χ3v) is 1.14. The zero-order valence-corrected chi connectivity index (χ0v) is 5.54. The van der Waals surface area contributed by atoms with Gasteiger partial charge in [0.05, 0.1) is 6.04 Å². The molecule has 0 saturated heterocycles. The molecule has 0 aliphatic rings. The summed E-state index contributed by atoms with van der Waals surface area (Å²) < 4.78 is 0. The Labute approximate surface area is 54.5 Å². The van der Waals surface area contributed by atoms with Crippen LogP contribution in [0, 0.1) is 0 Å². The second-order valence-corrected chi connectivity index (χ2v) is 2.38. The van der Waals surface area contributed by atoms with Gasteiger partial charge in [-0.2, -0.15) is 0 Å². The average Bonchev–Trinajstić information content (AvgIpc) is 1.62. The molecule has 0 heterocycles. The van der Waals surface area contributed by atoms with Crippen molar-refractivity contribution in [3.8, 4) is 0 Å². The summed E-state index contributed by atoms with van der Waals surface area (Å²) in [6.45, 7) is 1.70. The van der Waals surface area contributed by atoms with Gasteiger partial charge in [-0.05, 0) is 6.92 Å². The minimum atomic E-state index is -1.37. The van der Waals surface area contributed by atoms with Gasteiger partial charge in [-0.1, -0.05) is 0 Å². The lowest BCUT2D eigenvalue weighted by Crippen LogP contribution is -2.73. The van der Waals surface area contributed by atoms with E-state index in [0.717, 1.165) is 0 Å². The van der Waals surface area contributed by atoms with Crippen LogP contribution in [0.4, 0.5) is 0 Å². The molecule has 0 radical (unpaired) electrons. The molecule has 5 heteroatoms. The smallest absolute Gasteiger partial charge is 0.133 e. The standard InChI is InChI=1S/C4H15N5/c1-2(5)3(6)4(7,8)9/h2-3H,5-9H2,1H3. The minimum absolute atomic E-state index is 0.287. The van der Waals surface area contributed by atoms with E-state index in [1.807, 2.05) is 0 Å². The van der Waals surface area contributed by atoms with E-state index < -0.39 is 11.8 Å². The van der Waals surface area contributed by atoms with E-state index in [1.165, 1.54) is 0 Å². The Bertz CT molecular complexity index is 83.4. The second kappa shape index (κ2) is 2.59. The van der Waals surface area contributed by atoms with Gasteiger partial charge in [-0.15, -0.1) is 0 Å². The van der Waals surface area contributed by atoms with Gasteiger partial charge < -0.3 is 11.5 Å². The first-order chi connectivity index (χ1) is 3.85. The van der Waals surface area contributed by atoms with Crippen molar-refractivity contribution in [1.82, 2.24) is 0 Å². The fourth-order valence-corrected chi connectivity index (χ4v) is 0.455. The molecule has 56 valence electrons. The molecule has 0 saturated carbocycles. The van der Waals surface area contributed by atoms with Crippen molar-refractivity contribution in [1.29, 1.82) is 0 Å². The molecule has 2 atom stereocenters. The van der Waals surface area contributed by atoms with Crippen molar-refractivity contribution in [3.05, 3.63) is 0 Å². The van der Waals surface area contributed by atoms with E-state index in [4.69, 9.17) is 28.7 Å². The third kappa shape index (κ3) is 2.73. The molecular formula is C4H15N5. The highest BCUT2D eigenvalue weighted by Gasteiger charge is 2.25. The summed E-state index contributed by atoms with van der Waals surface area (Å²) in [7, 11) is 0. The minimum Gasteiger partial charge on any atom is -0.326 e. The zero-order chi connectivity index (χ0) is 7.65. The molecule has 9 heavy (non-hydrogen) atoms. The molecule has 0 aromatic rings. The fraction of sp³-hybridized carbons (Fsp3) is 1.00. The van der Waals surface area contributed by atoms with Gasteiger partial charge in [0.1, 0.15) is 5.79 Å². The van der Waals surface area contributed by atoms with Crippen molar-refractivity contribution in [2.45, 2.75) is 24.8 Å². The molecule has 0 aromatic carbocycles. The van der Waals surface area contributed by atoms with Gasteiger partial charge in [-0.3, -0.25) is 17.2 Å². The van der Waals surface area contributed by atoms with Gasteiger partial charge in [-0.25, -0.2) is 0 Å². The van der Waals surface area contributed by atoms with Crippen LogP contribution in [0.1, 0.15) is 6.92 Å². The van der Waals surface area contributed by atoms with E-state index >= 15 is 0 Å². The normalized spacial score (nSPS) is 19.3. The lowest BCUT2D eigenvalue weighted by atomic mass is 10.1. The molecule has 0 aliphatic carbocycles. The topological polar surface area (TPSA) is 130 Å².